The Balaban J connectivity index is 1.46. The first-order valence-corrected chi connectivity index (χ1v) is 11.9. The summed E-state index contributed by atoms with van der Waals surface area (Å²) in [4.78, 5) is 24.4. The molecule has 4 heteroatoms. The summed E-state index contributed by atoms with van der Waals surface area (Å²) in [6.07, 6.45) is 11.9. The summed E-state index contributed by atoms with van der Waals surface area (Å²) in [6.45, 7) is 7.09. The van der Waals surface area contributed by atoms with E-state index in [1.54, 1.807) is 0 Å². The second-order valence-corrected chi connectivity index (χ2v) is 11.4. The number of esters is 1. The molecule has 6 rings (SSSR count). The van der Waals surface area contributed by atoms with Gasteiger partial charge in [0.15, 0.2) is 5.78 Å². The molecule has 0 bridgehead atoms. The number of carbonyl (C=O) groups excluding carboxylic acids is 2. The maximum atomic E-state index is 12.3. The highest BCUT2D eigenvalue weighted by atomic mass is 16.6. The molecule has 6 aliphatic rings. The van der Waals surface area contributed by atoms with E-state index in [4.69, 9.17) is 9.47 Å². The predicted molar refractivity (Wildman–Crippen MR) is 108 cm³/mol. The molecule has 4 nitrogen and oxygen atoms in total. The van der Waals surface area contributed by atoms with Crippen LogP contribution >= 0.6 is 0 Å². The molecule has 4 unspecified atom stereocenters. The molecule has 158 valence electrons. The summed E-state index contributed by atoms with van der Waals surface area (Å²) >= 11 is 0. The third kappa shape index (κ3) is 2.01. The molecule has 0 aromatic carbocycles. The van der Waals surface area contributed by atoms with E-state index in [1.807, 2.05) is 6.08 Å². The predicted octanol–water partition coefficient (Wildman–Crippen LogP) is 4.75. The van der Waals surface area contributed by atoms with E-state index in [-0.39, 0.29) is 34.1 Å². The van der Waals surface area contributed by atoms with E-state index in [0.29, 0.717) is 36.4 Å². The largest absolute Gasteiger partial charge is 0.458 e. The highest BCUT2D eigenvalue weighted by Gasteiger charge is 2.82. The van der Waals surface area contributed by atoms with E-state index in [2.05, 4.69) is 20.8 Å². The van der Waals surface area contributed by atoms with Crippen molar-refractivity contribution in [2.45, 2.75) is 102 Å². The van der Waals surface area contributed by atoms with E-state index < -0.39 is 0 Å². The van der Waals surface area contributed by atoms with Crippen LogP contribution in [0.25, 0.3) is 0 Å². The Kier molecular flexibility index (Phi) is 3.56. The molecule has 8 atom stereocenters. The molecule has 4 aliphatic carbocycles. The van der Waals surface area contributed by atoms with Crippen molar-refractivity contribution in [1.82, 2.24) is 0 Å². The molecule has 0 N–H and O–H groups in total. The number of hydrogen-bond acceptors (Lipinski definition) is 4. The average Bonchev–Trinajstić information content (AvgIpc) is 3.16. The normalized spacial score (nSPS) is 54.9. The summed E-state index contributed by atoms with van der Waals surface area (Å²) in [5.74, 6) is 1.96. The fraction of sp³-hybridized carbons (Fsp3) is 0.840. The lowest BCUT2D eigenvalue weighted by Gasteiger charge is -2.59. The summed E-state index contributed by atoms with van der Waals surface area (Å²) in [5, 5.41) is 0. The SMILES string of the molecule is CCCC1CC2=CC(=O)CC[C@]2(C)C23O[C@H]2C[C@@]2(C)C(CC[C@@]24CCC(=O)O4)C13. The molecule has 2 saturated heterocycles. The van der Waals surface area contributed by atoms with Crippen LogP contribution in [-0.2, 0) is 19.1 Å². The molecule has 3 saturated carbocycles. The molecule has 0 aromatic rings. The zero-order valence-electron chi connectivity index (χ0n) is 18.1. The first kappa shape index (κ1) is 18.6. The van der Waals surface area contributed by atoms with Crippen molar-refractivity contribution in [2.24, 2.45) is 28.6 Å². The van der Waals surface area contributed by atoms with Crippen LogP contribution in [0, 0.1) is 28.6 Å². The van der Waals surface area contributed by atoms with Gasteiger partial charge in [-0.1, -0.05) is 39.2 Å². The minimum atomic E-state index is -0.261. The average molecular weight is 399 g/mol. The third-order valence-corrected chi connectivity index (χ3v) is 10.5. The molecule has 5 fully saturated rings. The highest BCUT2D eigenvalue weighted by Crippen LogP contribution is 2.78. The first-order valence-electron chi connectivity index (χ1n) is 11.9. The molecule has 2 aliphatic heterocycles. The highest BCUT2D eigenvalue weighted by molar-refractivity contribution is 5.92. The van der Waals surface area contributed by atoms with Gasteiger partial charge < -0.3 is 9.47 Å². The van der Waals surface area contributed by atoms with Gasteiger partial charge in [0.05, 0.1) is 6.10 Å². The van der Waals surface area contributed by atoms with Crippen LogP contribution in [-0.4, -0.2) is 29.1 Å². The van der Waals surface area contributed by atoms with Crippen molar-refractivity contribution in [2.75, 3.05) is 0 Å². The number of ketones is 1. The van der Waals surface area contributed by atoms with Crippen molar-refractivity contribution in [3.05, 3.63) is 11.6 Å². The Bertz CT molecular complexity index is 831. The molecule has 0 aromatic heterocycles. The van der Waals surface area contributed by atoms with Gasteiger partial charge in [0.2, 0.25) is 0 Å². The van der Waals surface area contributed by atoms with E-state index in [1.165, 1.54) is 18.4 Å². The van der Waals surface area contributed by atoms with Crippen LogP contribution < -0.4 is 0 Å². The molecule has 2 spiro atoms. The zero-order chi connectivity index (χ0) is 20.2. The Morgan fingerprint density at radius 2 is 1.97 bits per heavy atom. The van der Waals surface area contributed by atoms with Crippen molar-refractivity contribution in [1.29, 1.82) is 0 Å². The van der Waals surface area contributed by atoms with Crippen molar-refractivity contribution in [3.63, 3.8) is 0 Å². The van der Waals surface area contributed by atoms with Gasteiger partial charge in [0.1, 0.15) is 11.2 Å². The van der Waals surface area contributed by atoms with Gasteiger partial charge in [-0.25, -0.2) is 0 Å². The molecular formula is C25H34O4. The van der Waals surface area contributed by atoms with Gasteiger partial charge in [-0.15, -0.1) is 0 Å². The van der Waals surface area contributed by atoms with Crippen LogP contribution in [0.1, 0.15) is 85.0 Å². The Hall–Kier alpha value is -1.16. The molecule has 2 heterocycles. The van der Waals surface area contributed by atoms with Crippen LogP contribution in [0.15, 0.2) is 11.6 Å². The standard InChI is InChI=1S/C25H34O4/c1-4-5-15-12-16-13-17(26)6-9-22(16,2)25-19(28-25)14-23(3)18(21(15)25)7-10-24(23)11-8-20(27)29-24/h13,15,18-19,21H,4-12,14H2,1-3H3/t15?,18?,19-,21?,22-,23-,24+,25?/m0/s1. The topological polar surface area (TPSA) is 55.9 Å². The maximum absolute atomic E-state index is 12.3. The van der Waals surface area contributed by atoms with Crippen molar-refractivity contribution >= 4 is 11.8 Å². The summed E-state index contributed by atoms with van der Waals surface area (Å²) in [5.41, 5.74) is 1.06. The second kappa shape index (κ2) is 5.55. The summed E-state index contributed by atoms with van der Waals surface area (Å²) in [7, 11) is 0. The number of carbonyl (C=O) groups is 2. The van der Waals surface area contributed by atoms with Crippen LogP contribution in [0.3, 0.4) is 0 Å². The number of rotatable bonds is 2. The van der Waals surface area contributed by atoms with Gasteiger partial charge in [-0.05, 0) is 62.4 Å². The van der Waals surface area contributed by atoms with Crippen molar-refractivity contribution < 1.29 is 19.1 Å². The van der Waals surface area contributed by atoms with Gasteiger partial charge in [0.25, 0.3) is 0 Å². The lowest BCUT2D eigenvalue weighted by molar-refractivity contribution is -0.166. The molecule has 29 heavy (non-hydrogen) atoms. The van der Waals surface area contributed by atoms with E-state index in [9.17, 15) is 9.59 Å². The number of hydrogen-bond donors (Lipinski definition) is 0. The lowest BCUT2D eigenvalue weighted by Crippen LogP contribution is -2.62. The second-order valence-electron chi connectivity index (χ2n) is 11.4. The molecular weight excluding hydrogens is 364 g/mol. The van der Waals surface area contributed by atoms with Gasteiger partial charge >= 0.3 is 5.97 Å². The Morgan fingerprint density at radius 1 is 1.14 bits per heavy atom. The zero-order valence-corrected chi connectivity index (χ0v) is 18.1. The van der Waals surface area contributed by atoms with Gasteiger partial charge in [-0.2, -0.15) is 0 Å². The smallest absolute Gasteiger partial charge is 0.306 e. The molecule has 0 amide bonds. The lowest BCUT2D eigenvalue weighted by atomic mass is 9.43. The van der Waals surface area contributed by atoms with Gasteiger partial charge in [-0.3, -0.25) is 9.59 Å². The maximum Gasteiger partial charge on any atom is 0.306 e. The minimum Gasteiger partial charge on any atom is -0.458 e. The Labute approximate surface area is 173 Å². The van der Waals surface area contributed by atoms with E-state index >= 15 is 0 Å². The Morgan fingerprint density at radius 3 is 2.69 bits per heavy atom. The van der Waals surface area contributed by atoms with Crippen molar-refractivity contribution in [3.8, 4) is 0 Å². The summed E-state index contributed by atoms with van der Waals surface area (Å²) < 4.78 is 12.9. The summed E-state index contributed by atoms with van der Waals surface area (Å²) in [6, 6.07) is 0. The van der Waals surface area contributed by atoms with Gasteiger partial charge in [0, 0.05) is 23.7 Å². The van der Waals surface area contributed by atoms with Crippen LogP contribution in [0.5, 0.6) is 0 Å². The number of ether oxygens (including phenoxy) is 2. The fourth-order valence-corrected chi connectivity index (χ4v) is 9.10. The third-order valence-electron chi connectivity index (χ3n) is 10.5. The molecule has 0 radical (unpaired) electrons. The van der Waals surface area contributed by atoms with Crippen LogP contribution in [0.4, 0.5) is 0 Å². The quantitative estimate of drug-likeness (QED) is 0.497. The monoisotopic (exact) mass is 398 g/mol. The number of epoxide rings is 1. The first-order chi connectivity index (χ1) is 13.8. The van der Waals surface area contributed by atoms with Crippen LogP contribution in [0.2, 0.25) is 0 Å². The van der Waals surface area contributed by atoms with E-state index in [0.717, 1.165) is 38.5 Å². The number of fused-ring (bicyclic) bond motifs is 4. The fourth-order valence-electron chi connectivity index (χ4n) is 9.10. The minimum absolute atomic E-state index is 0.00264.